The molecular weight excluding hydrogens is 396 g/mol. The van der Waals surface area contributed by atoms with Gasteiger partial charge in [0.05, 0.1) is 13.2 Å². The van der Waals surface area contributed by atoms with Gasteiger partial charge in [0, 0.05) is 24.2 Å². The maximum atomic E-state index is 6.10. The molecule has 140 valence electrons. The number of thioether (sulfide) groups is 1. The van der Waals surface area contributed by atoms with E-state index in [1.807, 2.05) is 60.7 Å². The van der Waals surface area contributed by atoms with Crippen molar-refractivity contribution in [2.45, 2.75) is 11.4 Å². The molecule has 27 heavy (non-hydrogen) atoms. The molecule has 2 saturated heterocycles. The lowest BCUT2D eigenvalue weighted by molar-refractivity contribution is 0.0511. The van der Waals surface area contributed by atoms with Gasteiger partial charge >= 0.3 is 0 Å². The van der Waals surface area contributed by atoms with Crippen LogP contribution in [0.25, 0.3) is 0 Å². The van der Waals surface area contributed by atoms with Crippen LogP contribution in [-0.2, 0) is 20.9 Å². The normalized spacial score (nSPS) is 27.6. The fourth-order valence-corrected chi connectivity index (χ4v) is 5.52. The molecule has 0 spiro atoms. The summed E-state index contributed by atoms with van der Waals surface area (Å²) in [6.07, 6.45) is 0. The van der Waals surface area contributed by atoms with Gasteiger partial charge in [0.2, 0.25) is 0 Å². The van der Waals surface area contributed by atoms with Crippen LogP contribution in [0.3, 0.4) is 0 Å². The summed E-state index contributed by atoms with van der Waals surface area (Å²) in [4.78, 5) is 0. The van der Waals surface area contributed by atoms with Gasteiger partial charge in [-0.1, -0.05) is 96.9 Å². The van der Waals surface area contributed by atoms with Crippen molar-refractivity contribution in [1.29, 1.82) is 0 Å². The van der Waals surface area contributed by atoms with E-state index in [9.17, 15) is 0 Å². The molecule has 2 aliphatic heterocycles. The van der Waals surface area contributed by atoms with Gasteiger partial charge in [-0.15, -0.1) is 0 Å². The predicted octanol–water partition coefficient (Wildman–Crippen LogP) is 3.32. The molecule has 4 rings (SSSR count). The fraction of sp³-hybridized carbons (Fsp3) is 0.300. The Morgan fingerprint density at radius 1 is 0.741 bits per heavy atom. The summed E-state index contributed by atoms with van der Waals surface area (Å²) in [6, 6.07) is 20.0. The van der Waals surface area contributed by atoms with E-state index in [2.05, 4.69) is 10.6 Å². The van der Waals surface area contributed by atoms with Crippen molar-refractivity contribution in [3.05, 3.63) is 71.8 Å². The Kier molecular flexibility index (Phi) is 5.70. The van der Waals surface area contributed by atoms with Crippen molar-refractivity contribution >= 4 is 44.6 Å². The number of rotatable bonds is 4. The van der Waals surface area contributed by atoms with Crippen molar-refractivity contribution in [2.24, 2.45) is 0 Å². The topological polar surface area (TPSA) is 42.5 Å². The molecule has 0 aliphatic carbocycles. The van der Waals surface area contributed by atoms with Crippen molar-refractivity contribution in [3.63, 3.8) is 0 Å². The first kappa shape index (κ1) is 19.1. The zero-order valence-corrected chi connectivity index (χ0v) is 17.1. The highest BCUT2D eigenvalue weighted by molar-refractivity contribution is 8.38. The van der Waals surface area contributed by atoms with Gasteiger partial charge in [-0.25, -0.2) is 0 Å². The molecule has 0 radical (unpaired) electrons. The van der Waals surface area contributed by atoms with Gasteiger partial charge in [0.1, 0.15) is 8.39 Å². The van der Waals surface area contributed by atoms with Gasteiger partial charge in [-0.05, 0) is 0 Å². The third-order valence-corrected chi connectivity index (χ3v) is 6.73. The number of thiocarbonyl (C=S) groups is 2. The van der Waals surface area contributed by atoms with Crippen molar-refractivity contribution < 1.29 is 9.47 Å². The van der Waals surface area contributed by atoms with Gasteiger partial charge in [-0.3, -0.25) is 10.6 Å². The van der Waals surface area contributed by atoms with Crippen LogP contribution in [0.4, 0.5) is 0 Å². The Morgan fingerprint density at radius 3 is 1.48 bits per heavy atom. The second kappa shape index (κ2) is 8.05. The van der Waals surface area contributed by atoms with Crippen LogP contribution in [0, 0.1) is 0 Å². The molecule has 2 fully saturated rings. The minimum Gasteiger partial charge on any atom is -0.349 e. The molecule has 2 aromatic carbocycles. The molecule has 2 heterocycles. The lowest BCUT2D eigenvalue weighted by atomic mass is 10.0. The van der Waals surface area contributed by atoms with Gasteiger partial charge < -0.3 is 9.47 Å². The lowest BCUT2D eigenvalue weighted by Gasteiger charge is -2.33. The number of benzene rings is 2. The summed E-state index contributed by atoms with van der Waals surface area (Å²) in [5.74, 6) is 0. The lowest BCUT2D eigenvalue weighted by Crippen LogP contribution is -2.48. The summed E-state index contributed by atoms with van der Waals surface area (Å²) >= 11 is 13.0. The fourth-order valence-electron chi connectivity index (χ4n) is 3.41. The van der Waals surface area contributed by atoms with E-state index in [1.165, 1.54) is 11.8 Å². The molecule has 0 aromatic heterocycles. The minimum atomic E-state index is -0.818. The van der Waals surface area contributed by atoms with E-state index < -0.39 is 11.4 Å². The quantitative estimate of drug-likeness (QED) is 0.741. The van der Waals surface area contributed by atoms with E-state index in [1.54, 1.807) is 0 Å². The third kappa shape index (κ3) is 3.49. The van der Waals surface area contributed by atoms with Crippen LogP contribution >= 0.6 is 36.2 Å². The Bertz CT molecular complexity index is 748. The first-order valence-electron chi connectivity index (χ1n) is 8.83. The molecule has 2 aromatic rings. The largest absolute Gasteiger partial charge is 0.349 e. The van der Waals surface area contributed by atoms with E-state index in [0.717, 1.165) is 24.2 Å². The van der Waals surface area contributed by atoms with E-state index >= 15 is 0 Å². The molecule has 2 atom stereocenters. The molecule has 2 N–H and O–H groups in total. The molecule has 0 saturated carbocycles. The third-order valence-electron chi connectivity index (χ3n) is 4.71. The van der Waals surface area contributed by atoms with Crippen LogP contribution in [0.5, 0.6) is 0 Å². The van der Waals surface area contributed by atoms with Crippen molar-refractivity contribution in [2.75, 3.05) is 26.3 Å². The van der Waals surface area contributed by atoms with Gasteiger partial charge in [0.25, 0.3) is 0 Å². The Hall–Kier alpha value is -1.19. The monoisotopic (exact) mass is 416 g/mol. The second-order valence-corrected chi connectivity index (χ2v) is 8.68. The summed E-state index contributed by atoms with van der Waals surface area (Å²) < 4.78 is 13.5. The first-order valence-corrected chi connectivity index (χ1v) is 10.5. The van der Waals surface area contributed by atoms with E-state index in [-0.39, 0.29) is 0 Å². The number of ether oxygens (including phenoxy) is 2. The average molecular weight is 417 g/mol. The number of nitrogens with one attached hydrogen (secondary N) is 2. The summed E-state index contributed by atoms with van der Waals surface area (Å²) in [5.41, 5.74) is 0.331. The molecule has 2 aliphatic rings. The first-order chi connectivity index (χ1) is 13.2. The SMILES string of the molecule is S=C(SC(=S)C1(c2ccccc2)NCCO1)C1(c2ccccc2)NCCO1. The highest BCUT2D eigenvalue weighted by Crippen LogP contribution is 2.39. The van der Waals surface area contributed by atoms with Gasteiger partial charge in [-0.2, -0.15) is 0 Å². The smallest absolute Gasteiger partial charge is 0.187 e. The Morgan fingerprint density at radius 2 is 1.15 bits per heavy atom. The average Bonchev–Trinajstić information content (AvgIpc) is 3.41. The van der Waals surface area contributed by atoms with Crippen molar-refractivity contribution in [1.82, 2.24) is 10.6 Å². The van der Waals surface area contributed by atoms with Crippen LogP contribution < -0.4 is 10.6 Å². The van der Waals surface area contributed by atoms with Crippen LogP contribution in [0.15, 0.2) is 60.7 Å². The maximum absolute atomic E-state index is 6.10. The number of hydrogen-bond donors (Lipinski definition) is 2. The molecule has 0 bridgehead atoms. The van der Waals surface area contributed by atoms with E-state index in [4.69, 9.17) is 33.9 Å². The minimum absolute atomic E-state index is 0.598. The molecule has 0 amide bonds. The predicted molar refractivity (Wildman–Crippen MR) is 117 cm³/mol. The van der Waals surface area contributed by atoms with Gasteiger partial charge in [0.15, 0.2) is 11.4 Å². The molecule has 4 nitrogen and oxygen atoms in total. The van der Waals surface area contributed by atoms with Crippen LogP contribution in [-0.4, -0.2) is 34.7 Å². The van der Waals surface area contributed by atoms with Crippen molar-refractivity contribution in [3.8, 4) is 0 Å². The van der Waals surface area contributed by atoms with Crippen LogP contribution in [0.1, 0.15) is 11.1 Å². The maximum Gasteiger partial charge on any atom is 0.187 e. The zero-order valence-electron chi connectivity index (χ0n) is 14.6. The summed E-state index contributed by atoms with van der Waals surface area (Å²) in [5, 5.41) is 6.86. The highest BCUT2D eigenvalue weighted by Gasteiger charge is 2.46. The Labute approximate surface area is 174 Å². The standard InChI is InChI=1S/C20H20N2O2S3/c25-17(19(21-11-13-23-19)15-7-3-1-4-8-15)27-18(26)20(22-12-14-24-20)16-9-5-2-6-10-16/h1-10,21-22H,11-14H2. The number of hydrogen-bond acceptors (Lipinski definition) is 7. The Balaban J connectivity index is 1.62. The zero-order chi connectivity index (χ0) is 18.7. The summed E-state index contributed by atoms with van der Waals surface area (Å²) in [6.45, 7) is 2.67. The van der Waals surface area contributed by atoms with E-state index in [0.29, 0.717) is 21.6 Å². The second-order valence-electron chi connectivity index (χ2n) is 6.32. The molecule has 7 heteroatoms. The summed E-state index contributed by atoms with van der Waals surface area (Å²) in [7, 11) is 0. The van der Waals surface area contributed by atoms with Crippen LogP contribution in [0.2, 0.25) is 0 Å². The highest BCUT2D eigenvalue weighted by atomic mass is 32.2. The molecular formula is C20H20N2O2S3. The molecule has 2 unspecified atom stereocenters.